The molecule has 106 valence electrons. The first-order valence-electron chi connectivity index (χ1n) is 5.91. The summed E-state index contributed by atoms with van der Waals surface area (Å²) in [7, 11) is -0.874. The van der Waals surface area contributed by atoms with Crippen LogP contribution in [0.2, 0.25) is 0 Å². The lowest BCUT2D eigenvalue weighted by Crippen LogP contribution is -2.33. The van der Waals surface area contributed by atoms with Crippen molar-refractivity contribution in [3.05, 3.63) is 29.8 Å². The topological polar surface area (TPSA) is 78.6 Å². The third-order valence-corrected chi connectivity index (χ3v) is 3.18. The standard InChI is InChI=1S/C13H20NO4P/c1-17-13(15)12(14)8-10-4-6-11(7-5-10)18-9-19(2,3)16/h4-7,12H,8-9,14H2,1-3H3. The van der Waals surface area contributed by atoms with Gasteiger partial charge in [0.2, 0.25) is 0 Å². The Balaban J connectivity index is 2.57. The smallest absolute Gasteiger partial charge is 0.322 e. The minimum absolute atomic E-state index is 0.216. The average Bonchev–Trinajstić information content (AvgIpc) is 2.36. The summed E-state index contributed by atoms with van der Waals surface area (Å²) in [5.74, 6) is 0.220. The molecule has 0 saturated carbocycles. The van der Waals surface area contributed by atoms with Gasteiger partial charge in [-0.1, -0.05) is 12.1 Å². The zero-order chi connectivity index (χ0) is 14.5. The van der Waals surface area contributed by atoms with Crippen LogP contribution in [0.15, 0.2) is 24.3 Å². The second-order valence-corrected chi connectivity index (χ2v) is 8.23. The maximum Gasteiger partial charge on any atom is 0.322 e. The molecule has 2 N–H and O–H groups in total. The van der Waals surface area contributed by atoms with Crippen molar-refractivity contribution in [2.24, 2.45) is 5.73 Å². The molecule has 19 heavy (non-hydrogen) atoms. The molecule has 1 aromatic rings. The van der Waals surface area contributed by atoms with Crippen molar-refractivity contribution in [3.63, 3.8) is 0 Å². The SMILES string of the molecule is COC(=O)C(N)Cc1ccc(OCP(C)(C)=O)cc1. The number of benzene rings is 1. The van der Waals surface area contributed by atoms with Crippen LogP contribution in [0.5, 0.6) is 5.75 Å². The van der Waals surface area contributed by atoms with E-state index in [9.17, 15) is 9.36 Å². The van der Waals surface area contributed by atoms with Gasteiger partial charge in [-0.05, 0) is 37.4 Å². The molecule has 0 radical (unpaired) electrons. The van der Waals surface area contributed by atoms with Gasteiger partial charge in [0.15, 0.2) is 0 Å². The number of nitrogens with two attached hydrogens (primary N) is 1. The van der Waals surface area contributed by atoms with Gasteiger partial charge < -0.3 is 19.8 Å². The quantitative estimate of drug-likeness (QED) is 0.635. The van der Waals surface area contributed by atoms with Gasteiger partial charge in [0.05, 0.1) is 7.11 Å². The summed E-state index contributed by atoms with van der Waals surface area (Å²) >= 11 is 0. The van der Waals surface area contributed by atoms with Gasteiger partial charge in [-0.2, -0.15) is 0 Å². The highest BCUT2D eigenvalue weighted by atomic mass is 31.2. The Morgan fingerprint density at radius 3 is 2.37 bits per heavy atom. The summed E-state index contributed by atoms with van der Waals surface area (Å²) < 4.78 is 21.5. The van der Waals surface area contributed by atoms with E-state index in [-0.39, 0.29) is 6.35 Å². The van der Waals surface area contributed by atoms with Crippen LogP contribution in [0.3, 0.4) is 0 Å². The maximum absolute atomic E-state index is 11.5. The molecule has 5 nitrogen and oxygen atoms in total. The van der Waals surface area contributed by atoms with Crippen molar-refractivity contribution in [1.29, 1.82) is 0 Å². The van der Waals surface area contributed by atoms with Crippen LogP contribution in [0.1, 0.15) is 5.56 Å². The van der Waals surface area contributed by atoms with Gasteiger partial charge >= 0.3 is 5.97 Å². The van der Waals surface area contributed by atoms with E-state index in [2.05, 4.69) is 4.74 Å². The highest BCUT2D eigenvalue weighted by Crippen LogP contribution is 2.35. The van der Waals surface area contributed by atoms with E-state index in [1.165, 1.54) is 7.11 Å². The van der Waals surface area contributed by atoms with Crippen LogP contribution < -0.4 is 10.5 Å². The number of carbonyl (C=O) groups excluding carboxylic acids is 1. The Bertz CT molecular complexity index is 466. The molecule has 0 saturated heterocycles. The Kier molecular flexibility index (Phi) is 5.58. The van der Waals surface area contributed by atoms with E-state index in [1.807, 2.05) is 12.1 Å². The number of hydrogen-bond donors (Lipinski definition) is 1. The van der Waals surface area contributed by atoms with Gasteiger partial charge in [-0.25, -0.2) is 0 Å². The minimum Gasteiger partial charge on any atom is -0.486 e. The monoisotopic (exact) mass is 285 g/mol. The predicted molar refractivity (Wildman–Crippen MR) is 75.1 cm³/mol. The van der Waals surface area contributed by atoms with Crippen molar-refractivity contribution in [3.8, 4) is 5.75 Å². The van der Waals surface area contributed by atoms with Crippen molar-refractivity contribution in [2.45, 2.75) is 12.5 Å². The molecular weight excluding hydrogens is 265 g/mol. The van der Waals surface area contributed by atoms with Gasteiger partial charge in [0.25, 0.3) is 0 Å². The van der Waals surface area contributed by atoms with Crippen LogP contribution in [-0.4, -0.2) is 38.8 Å². The molecule has 0 aliphatic heterocycles. The van der Waals surface area contributed by atoms with Gasteiger partial charge in [0, 0.05) is 0 Å². The molecule has 0 aromatic heterocycles. The molecule has 0 amide bonds. The van der Waals surface area contributed by atoms with E-state index in [1.54, 1.807) is 25.5 Å². The zero-order valence-corrected chi connectivity index (χ0v) is 12.4. The summed E-state index contributed by atoms with van der Waals surface area (Å²) in [5, 5.41) is 0. The number of esters is 1. The second kappa shape index (κ2) is 6.73. The third kappa shape index (κ3) is 5.90. The fraction of sp³-hybridized carbons (Fsp3) is 0.462. The fourth-order valence-electron chi connectivity index (χ4n) is 1.44. The fourth-order valence-corrected chi connectivity index (χ4v) is 1.90. The lowest BCUT2D eigenvalue weighted by molar-refractivity contribution is -0.142. The molecule has 0 aliphatic carbocycles. The Hall–Kier alpha value is -1.32. The van der Waals surface area contributed by atoms with E-state index >= 15 is 0 Å². The Morgan fingerprint density at radius 2 is 1.89 bits per heavy atom. The molecule has 0 bridgehead atoms. The van der Waals surface area contributed by atoms with Crippen LogP contribution >= 0.6 is 7.14 Å². The molecule has 1 atom stereocenters. The number of rotatable bonds is 6. The summed E-state index contributed by atoms with van der Waals surface area (Å²) in [6.45, 7) is 3.35. The van der Waals surface area contributed by atoms with Crippen LogP contribution in [0, 0.1) is 0 Å². The number of methoxy groups -OCH3 is 1. The average molecular weight is 285 g/mol. The lowest BCUT2D eigenvalue weighted by atomic mass is 10.1. The zero-order valence-electron chi connectivity index (χ0n) is 11.5. The Morgan fingerprint density at radius 1 is 1.32 bits per heavy atom. The normalized spacial score (nSPS) is 12.8. The molecule has 1 rings (SSSR count). The Labute approximate surface area is 113 Å². The number of ether oxygens (including phenoxy) is 2. The van der Waals surface area contributed by atoms with Gasteiger partial charge in [-0.3, -0.25) is 4.79 Å². The largest absolute Gasteiger partial charge is 0.486 e. The van der Waals surface area contributed by atoms with Crippen LogP contribution in [0.25, 0.3) is 0 Å². The number of hydrogen-bond acceptors (Lipinski definition) is 5. The van der Waals surface area contributed by atoms with Crippen LogP contribution in [0.4, 0.5) is 0 Å². The number of carbonyl (C=O) groups is 1. The summed E-state index contributed by atoms with van der Waals surface area (Å²) in [6.07, 6.45) is 0.626. The molecule has 1 unspecified atom stereocenters. The van der Waals surface area contributed by atoms with Crippen molar-refractivity contribution in [2.75, 3.05) is 26.8 Å². The first-order valence-corrected chi connectivity index (χ1v) is 8.69. The first kappa shape index (κ1) is 15.7. The summed E-state index contributed by atoms with van der Waals surface area (Å²) in [6, 6.07) is 6.54. The third-order valence-electron chi connectivity index (χ3n) is 2.43. The van der Waals surface area contributed by atoms with Crippen LogP contribution in [-0.2, 0) is 20.5 Å². The van der Waals surface area contributed by atoms with Crippen molar-refractivity contribution in [1.82, 2.24) is 0 Å². The summed E-state index contributed by atoms with van der Waals surface area (Å²) in [5.41, 5.74) is 6.59. The van der Waals surface area contributed by atoms with Crippen molar-refractivity contribution < 1.29 is 18.8 Å². The van der Waals surface area contributed by atoms with Gasteiger partial charge in [0.1, 0.15) is 25.3 Å². The molecular formula is C13H20NO4P. The molecule has 0 fully saturated rings. The predicted octanol–water partition coefficient (Wildman–Crippen LogP) is 1.69. The molecule has 0 heterocycles. The minimum atomic E-state index is -2.19. The summed E-state index contributed by atoms with van der Waals surface area (Å²) in [4.78, 5) is 11.2. The molecule has 0 spiro atoms. The highest BCUT2D eigenvalue weighted by molar-refractivity contribution is 7.62. The first-order chi connectivity index (χ1) is 8.81. The van der Waals surface area contributed by atoms with E-state index in [0.29, 0.717) is 12.2 Å². The van der Waals surface area contributed by atoms with E-state index in [4.69, 9.17) is 10.5 Å². The van der Waals surface area contributed by atoms with E-state index in [0.717, 1.165) is 5.56 Å². The molecule has 0 aliphatic rings. The van der Waals surface area contributed by atoms with Crippen molar-refractivity contribution >= 4 is 13.1 Å². The lowest BCUT2D eigenvalue weighted by Gasteiger charge is -2.11. The second-order valence-electron chi connectivity index (χ2n) is 4.83. The van der Waals surface area contributed by atoms with E-state index < -0.39 is 19.2 Å². The maximum atomic E-state index is 11.5. The van der Waals surface area contributed by atoms with Gasteiger partial charge in [-0.15, -0.1) is 0 Å². The molecule has 6 heteroatoms. The molecule has 1 aromatic carbocycles. The highest BCUT2D eigenvalue weighted by Gasteiger charge is 2.14.